The summed E-state index contributed by atoms with van der Waals surface area (Å²) in [5, 5.41) is 19.6. The van der Waals surface area contributed by atoms with E-state index >= 15 is 0 Å². The number of hydrogen-bond donors (Lipinski definition) is 2. The van der Waals surface area contributed by atoms with Crippen molar-refractivity contribution >= 4 is 15.9 Å². The summed E-state index contributed by atoms with van der Waals surface area (Å²) in [6, 6.07) is 1.46. The second kappa shape index (κ2) is 3.10. The van der Waals surface area contributed by atoms with Gasteiger partial charge in [-0.05, 0) is 0 Å². The Morgan fingerprint density at radius 1 is 1.38 bits per heavy atom. The van der Waals surface area contributed by atoms with E-state index in [0.717, 1.165) is 11.1 Å². The molecule has 3 nitrogen and oxygen atoms in total. The van der Waals surface area contributed by atoms with Crippen LogP contribution in [-0.4, -0.2) is 22.2 Å². The molecule has 1 aromatic carbocycles. The summed E-state index contributed by atoms with van der Waals surface area (Å²) in [4.78, 5) is 0. The summed E-state index contributed by atoms with van der Waals surface area (Å²) in [5.74, 6) is 0.763. The van der Waals surface area contributed by atoms with Gasteiger partial charge in [0.15, 0.2) is 11.5 Å². The van der Waals surface area contributed by atoms with Crippen molar-refractivity contribution in [1.29, 1.82) is 0 Å². The van der Waals surface area contributed by atoms with Gasteiger partial charge in [0.2, 0.25) is 0 Å². The predicted octanol–water partition coefficient (Wildman–Crippen LogP) is 1.78. The van der Waals surface area contributed by atoms with Crippen LogP contribution in [0.5, 0.6) is 17.2 Å². The minimum Gasteiger partial charge on any atom is -0.508 e. The summed E-state index contributed by atoms with van der Waals surface area (Å²) in [5.41, 5.74) is 1.65. The number of rotatable bonds is 3. The topological polar surface area (TPSA) is 49.7 Å². The number of phenolic OH excluding ortho intramolecular Hbond substituents is 2. The smallest absolute Gasteiger partial charge is 0.164 e. The number of phenols is 2. The standard InChI is InChI=1S/C9H9BrO3/c10-1-2-13-8-4-7(11)5-3-6(5)9(8)12/h4,11-12H,1-3H2. The van der Waals surface area contributed by atoms with E-state index in [1.807, 2.05) is 0 Å². The summed E-state index contributed by atoms with van der Waals surface area (Å²) < 4.78 is 5.22. The highest BCUT2D eigenvalue weighted by atomic mass is 79.9. The van der Waals surface area contributed by atoms with Gasteiger partial charge in [0.25, 0.3) is 0 Å². The molecular weight excluding hydrogens is 236 g/mol. The summed E-state index contributed by atoms with van der Waals surface area (Å²) in [6.07, 6.45) is 0.676. The summed E-state index contributed by atoms with van der Waals surface area (Å²) in [7, 11) is 0. The molecule has 0 bridgehead atoms. The van der Waals surface area contributed by atoms with Gasteiger partial charge in [0, 0.05) is 28.9 Å². The second-order valence-electron chi connectivity index (χ2n) is 2.91. The van der Waals surface area contributed by atoms with Crippen LogP contribution in [0.3, 0.4) is 0 Å². The zero-order valence-corrected chi connectivity index (χ0v) is 8.47. The van der Waals surface area contributed by atoms with E-state index < -0.39 is 0 Å². The average molecular weight is 245 g/mol. The third kappa shape index (κ3) is 1.46. The van der Waals surface area contributed by atoms with Gasteiger partial charge >= 0.3 is 0 Å². The minimum atomic E-state index is 0.175. The maximum atomic E-state index is 9.55. The van der Waals surface area contributed by atoms with Crippen molar-refractivity contribution in [2.75, 3.05) is 11.9 Å². The van der Waals surface area contributed by atoms with Crippen LogP contribution in [0.2, 0.25) is 0 Å². The van der Waals surface area contributed by atoms with E-state index in [-0.39, 0.29) is 11.5 Å². The Kier molecular flexibility index (Phi) is 2.07. The largest absolute Gasteiger partial charge is 0.508 e. The summed E-state index contributed by atoms with van der Waals surface area (Å²) in [6.45, 7) is 0.478. The molecule has 0 fully saturated rings. The number of hydrogen-bond acceptors (Lipinski definition) is 3. The van der Waals surface area contributed by atoms with Crippen LogP contribution in [0.25, 0.3) is 0 Å². The molecule has 1 aliphatic rings. The fraction of sp³-hybridized carbons (Fsp3) is 0.333. The van der Waals surface area contributed by atoms with Crippen molar-refractivity contribution in [2.24, 2.45) is 0 Å². The highest BCUT2D eigenvalue weighted by molar-refractivity contribution is 9.09. The maximum absolute atomic E-state index is 9.55. The first-order valence-corrected chi connectivity index (χ1v) is 5.11. The molecule has 1 aliphatic carbocycles. The molecular formula is C9H9BrO3. The van der Waals surface area contributed by atoms with Crippen LogP contribution in [-0.2, 0) is 6.42 Å². The van der Waals surface area contributed by atoms with Crippen LogP contribution in [0, 0.1) is 0 Å². The van der Waals surface area contributed by atoms with Gasteiger partial charge in [0.1, 0.15) is 5.75 Å². The molecule has 13 heavy (non-hydrogen) atoms. The van der Waals surface area contributed by atoms with E-state index in [4.69, 9.17) is 4.74 Å². The molecule has 70 valence electrons. The van der Waals surface area contributed by atoms with Gasteiger partial charge < -0.3 is 14.9 Å². The molecule has 0 unspecified atom stereocenters. The molecule has 0 saturated heterocycles. The van der Waals surface area contributed by atoms with Crippen molar-refractivity contribution in [2.45, 2.75) is 6.42 Å². The lowest BCUT2D eigenvalue weighted by Gasteiger charge is -2.05. The molecule has 0 atom stereocenters. The molecule has 0 saturated carbocycles. The Balaban J connectivity index is 2.26. The first-order chi connectivity index (χ1) is 6.24. The van der Waals surface area contributed by atoms with Crippen LogP contribution < -0.4 is 4.74 Å². The molecule has 0 heterocycles. The van der Waals surface area contributed by atoms with E-state index in [0.29, 0.717) is 24.1 Å². The van der Waals surface area contributed by atoms with Gasteiger partial charge in [-0.15, -0.1) is 0 Å². The lowest BCUT2D eigenvalue weighted by Crippen LogP contribution is -1.97. The van der Waals surface area contributed by atoms with Crippen LogP contribution in [0.1, 0.15) is 11.1 Å². The molecule has 0 aliphatic heterocycles. The Morgan fingerprint density at radius 3 is 2.85 bits per heavy atom. The van der Waals surface area contributed by atoms with Gasteiger partial charge in [-0.1, -0.05) is 15.9 Å². The Morgan fingerprint density at radius 2 is 2.15 bits per heavy atom. The molecule has 4 heteroatoms. The first kappa shape index (κ1) is 8.69. The summed E-state index contributed by atoms with van der Waals surface area (Å²) >= 11 is 3.21. The quantitative estimate of drug-likeness (QED) is 0.640. The van der Waals surface area contributed by atoms with Gasteiger partial charge in [0.05, 0.1) is 6.61 Å². The molecule has 0 aromatic heterocycles. The van der Waals surface area contributed by atoms with E-state index in [9.17, 15) is 10.2 Å². The van der Waals surface area contributed by atoms with Crippen molar-refractivity contribution in [3.8, 4) is 17.2 Å². The zero-order valence-electron chi connectivity index (χ0n) is 6.88. The molecule has 1 aromatic rings. The highest BCUT2D eigenvalue weighted by Gasteiger charge is 2.28. The lowest BCUT2D eigenvalue weighted by molar-refractivity contribution is 0.319. The molecule has 2 rings (SSSR count). The van der Waals surface area contributed by atoms with E-state index in [1.54, 1.807) is 0 Å². The molecule has 0 spiro atoms. The second-order valence-corrected chi connectivity index (χ2v) is 3.71. The fourth-order valence-electron chi connectivity index (χ4n) is 1.29. The number of aromatic hydroxyl groups is 2. The van der Waals surface area contributed by atoms with Gasteiger partial charge in [-0.25, -0.2) is 0 Å². The van der Waals surface area contributed by atoms with Crippen LogP contribution in [0.4, 0.5) is 0 Å². The number of ether oxygens (including phenoxy) is 1. The van der Waals surface area contributed by atoms with Crippen molar-refractivity contribution in [1.82, 2.24) is 0 Å². The minimum absolute atomic E-state index is 0.175. The van der Waals surface area contributed by atoms with E-state index in [1.165, 1.54) is 6.07 Å². The van der Waals surface area contributed by atoms with Crippen LogP contribution in [0.15, 0.2) is 6.07 Å². The SMILES string of the molecule is Oc1cc(OCCBr)c(O)c2c1C2. The molecule has 0 radical (unpaired) electrons. The highest BCUT2D eigenvalue weighted by Crippen LogP contribution is 2.48. The maximum Gasteiger partial charge on any atom is 0.164 e. The van der Waals surface area contributed by atoms with Gasteiger partial charge in [-0.2, -0.15) is 0 Å². The normalized spacial score (nSPS) is 12.4. The molecule has 0 amide bonds. The monoisotopic (exact) mass is 244 g/mol. The molecule has 2 N–H and O–H groups in total. The number of benzene rings is 1. The Hall–Kier alpha value is -0.900. The average Bonchev–Trinajstić information content (AvgIpc) is 2.88. The lowest BCUT2D eigenvalue weighted by atomic mass is 10.3. The van der Waals surface area contributed by atoms with Crippen molar-refractivity contribution in [3.63, 3.8) is 0 Å². The van der Waals surface area contributed by atoms with Crippen LogP contribution >= 0.6 is 15.9 Å². The Labute approximate surface area is 84.1 Å². The van der Waals surface area contributed by atoms with Crippen molar-refractivity contribution < 1.29 is 14.9 Å². The number of halogens is 1. The van der Waals surface area contributed by atoms with Crippen molar-refractivity contribution in [3.05, 3.63) is 17.2 Å². The third-order valence-corrected chi connectivity index (χ3v) is 2.35. The predicted molar refractivity (Wildman–Crippen MR) is 51.9 cm³/mol. The Bertz CT molecular complexity index is 349. The number of alkyl halides is 1. The first-order valence-electron chi connectivity index (χ1n) is 3.99. The number of fused-ring (bicyclic) bond motifs is 1. The third-order valence-electron chi connectivity index (χ3n) is 2.02. The zero-order chi connectivity index (χ0) is 9.42. The fourth-order valence-corrected chi connectivity index (χ4v) is 1.45. The van der Waals surface area contributed by atoms with E-state index in [2.05, 4.69) is 15.9 Å². The van der Waals surface area contributed by atoms with Gasteiger partial charge in [-0.3, -0.25) is 0 Å².